The first-order valence-corrected chi connectivity index (χ1v) is 6.72. The Morgan fingerprint density at radius 3 is 2.53 bits per heavy atom. The zero-order valence-electron chi connectivity index (χ0n) is 7.81. The maximum Gasteiger partial charge on any atom is 0.240 e. The molecule has 1 fully saturated rings. The van der Waals surface area contributed by atoms with E-state index < -0.39 is 10.0 Å². The van der Waals surface area contributed by atoms with Crippen LogP contribution in [0.1, 0.15) is 0 Å². The highest BCUT2D eigenvalue weighted by Crippen LogP contribution is 2.15. The van der Waals surface area contributed by atoms with Gasteiger partial charge in [0, 0.05) is 11.0 Å². The van der Waals surface area contributed by atoms with Crippen molar-refractivity contribution in [3.05, 3.63) is 28.7 Å². The van der Waals surface area contributed by atoms with Crippen molar-refractivity contribution in [3.8, 4) is 0 Å². The molecule has 1 saturated heterocycles. The summed E-state index contributed by atoms with van der Waals surface area (Å²) >= 11 is 3.25. The molecule has 0 saturated carbocycles. The summed E-state index contributed by atoms with van der Waals surface area (Å²) in [4.78, 5) is 0.270. The van der Waals surface area contributed by atoms with E-state index in [1.165, 1.54) is 0 Å². The average Bonchev–Trinajstić information content (AvgIpc) is 2.99. The molecule has 1 aliphatic heterocycles. The topological polar surface area (TPSA) is 58.7 Å². The molecule has 82 valence electrons. The SMILES string of the molecule is O=S(=O)(NCC1CO1)c1ccc(Br)cc1. The van der Waals surface area contributed by atoms with Gasteiger partial charge in [-0.25, -0.2) is 13.1 Å². The van der Waals surface area contributed by atoms with Crippen LogP contribution in [0.4, 0.5) is 0 Å². The van der Waals surface area contributed by atoms with Crippen molar-refractivity contribution in [2.24, 2.45) is 0 Å². The van der Waals surface area contributed by atoms with E-state index in [4.69, 9.17) is 4.74 Å². The maximum atomic E-state index is 11.7. The molecule has 2 rings (SSSR count). The van der Waals surface area contributed by atoms with Gasteiger partial charge in [0.1, 0.15) is 0 Å². The first kappa shape index (κ1) is 11.1. The van der Waals surface area contributed by atoms with Gasteiger partial charge in [-0.2, -0.15) is 0 Å². The number of hydrogen-bond acceptors (Lipinski definition) is 3. The molecule has 1 N–H and O–H groups in total. The van der Waals surface area contributed by atoms with Gasteiger partial charge in [-0.15, -0.1) is 0 Å². The maximum absolute atomic E-state index is 11.7. The fraction of sp³-hybridized carbons (Fsp3) is 0.333. The van der Waals surface area contributed by atoms with E-state index >= 15 is 0 Å². The van der Waals surface area contributed by atoms with E-state index in [2.05, 4.69) is 20.7 Å². The molecule has 0 radical (unpaired) electrons. The predicted molar refractivity (Wildman–Crippen MR) is 59.1 cm³/mol. The summed E-state index contributed by atoms with van der Waals surface area (Å²) in [5, 5.41) is 0. The van der Waals surface area contributed by atoms with Gasteiger partial charge in [0.25, 0.3) is 0 Å². The molecule has 1 aromatic carbocycles. The molecule has 4 nitrogen and oxygen atoms in total. The molecule has 15 heavy (non-hydrogen) atoms. The van der Waals surface area contributed by atoms with Crippen LogP contribution in [-0.2, 0) is 14.8 Å². The summed E-state index contributed by atoms with van der Waals surface area (Å²) in [6, 6.07) is 6.50. The van der Waals surface area contributed by atoms with E-state index in [1.54, 1.807) is 24.3 Å². The van der Waals surface area contributed by atoms with Gasteiger partial charge < -0.3 is 4.74 Å². The molecule has 1 aliphatic rings. The third kappa shape index (κ3) is 3.01. The summed E-state index contributed by atoms with van der Waals surface area (Å²) in [7, 11) is -3.38. The highest BCUT2D eigenvalue weighted by Gasteiger charge is 2.25. The van der Waals surface area contributed by atoms with Gasteiger partial charge in [0.2, 0.25) is 10.0 Å². The standard InChI is InChI=1S/C9H10BrNO3S/c10-7-1-3-9(4-2-7)15(12,13)11-5-8-6-14-8/h1-4,8,11H,5-6H2. The van der Waals surface area contributed by atoms with Gasteiger partial charge in [-0.05, 0) is 24.3 Å². The molecule has 6 heteroatoms. The monoisotopic (exact) mass is 291 g/mol. The van der Waals surface area contributed by atoms with Crippen molar-refractivity contribution in [1.29, 1.82) is 0 Å². The highest BCUT2D eigenvalue weighted by atomic mass is 79.9. The quantitative estimate of drug-likeness (QED) is 0.846. The van der Waals surface area contributed by atoms with Crippen molar-refractivity contribution in [1.82, 2.24) is 4.72 Å². The Morgan fingerprint density at radius 2 is 2.00 bits per heavy atom. The van der Waals surface area contributed by atoms with Crippen LogP contribution in [0.3, 0.4) is 0 Å². The van der Waals surface area contributed by atoms with E-state index in [9.17, 15) is 8.42 Å². The van der Waals surface area contributed by atoms with Gasteiger partial charge in [-0.3, -0.25) is 0 Å². The normalized spacial score (nSPS) is 20.2. The smallest absolute Gasteiger partial charge is 0.240 e. The molecular weight excluding hydrogens is 282 g/mol. The minimum atomic E-state index is -3.38. The molecule has 0 aliphatic carbocycles. The summed E-state index contributed by atoms with van der Waals surface area (Å²) in [6.45, 7) is 0.987. The van der Waals surface area contributed by atoms with Crippen LogP contribution in [-0.4, -0.2) is 27.7 Å². The molecule has 1 unspecified atom stereocenters. The minimum absolute atomic E-state index is 0.0511. The van der Waals surface area contributed by atoms with E-state index in [-0.39, 0.29) is 11.0 Å². The lowest BCUT2D eigenvalue weighted by Crippen LogP contribution is -2.27. The van der Waals surface area contributed by atoms with Crippen molar-refractivity contribution in [2.45, 2.75) is 11.0 Å². The van der Waals surface area contributed by atoms with E-state index in [0.29, 0.717) is 13.2 Å². The van der Waals surface area contributed by atoms with Gasteiger partial charge in [-0.1, -0.05) is 15.9 Å². The van der Waals surface area contributed by atoms with Crippen LogP contribution in [0, 0.1) is 0 Å². The number of epoxide rings is 1. The zero-order chi connectivity index (χ0) is 10.9. The fourth-order valence-electron chi connectivity index (χ4n) is 1.09. The van der Waals surface area contributed by atoms with Crippen LogP contribution in [0.2, 0.25) is 0 Å². The Balaban J connectivity index is 2.09. The first-order chi connectivity index (χ1) is 7.08. The van der Waals surface area contributed by atoms with Crippen molar-refractivity contribution < 1.29 is 13.2 Å². The molecule has 0 amide bonds. The molecule has 0 spiro atoms. The van der Waals surface area contributed by atoms with Crippen LogP contribution in [0.15, 0.2) is 33.6 Å². The Bertz CT molecular complexity index is 439. The summed E-state index contributed by atoms with van der Waals surface area (Å²) in [5.41, 5.74) is 0. The highest BCUT2D eigenvalue weighted by molar-refractivity contribution is 9.10. The van der Waals surface area contributed by atoms with Crippen molar-refractivity contribution in [2.75, 3.05) is 13.2 Å². The Morgan fingerprint density at radius 1 is 1.40 bits per heavy atom. The first-order valence-electron chi connectivity index (χ1n) is 4.45. The summed E-state index contributed by atoms with van der Waals surface area (Å²) in [6.07, 6.45) is 0.0511. The molecular formula is C9H10BrNO3S. The number of nitrogens with one attached hydrogen (secondary N) is 1. The lowest BCUT2D eigenvalue weighted by atomic mass is 10.4. The lowest BCUT2D eigenvalue weighted by Gasteiger charge is -2.04. The number of halogens is 1. The van der Waals surface area contributed by atoms with Crippen LogP contribution < -0.4 is 4.72 Å². The van der Waals surface area contributed by atoms with Crippen LogP contribution in [0.5, 0.6) is 0 Å². The second-order valence-electron chi connectivity index (χ2n) is 3.26. The van der Waals surface area contributed by atoms with Gasteiger partial charge in [0.15, 0.2) is 0 Å². The average molecular weight is 292 g/mol. The van der Waals surface area contributed by atoms with Gasteiger partial charge >= 0.3 is 0 Å². The number of benzene rings is 1. The predicted octanol–water partition coefficient (Wildman–Crippen LogP) is 1.13. The molecule has 1 atom stereocenters. The molecule has 1 aromatic rings. The molecule has 1 heterocycles. The number of ether oxygens (including phenoxy) is 1. The third-order valence-electron chi connectivity index (χ3n) is 2.03. The largest absolute Gasteiger partial charge is 0.372 e. The Hall–Kier alpha value is -0.430. The van der Waals surface area contributed by atoms with Crippen molar-refractivity contribution in [3.63, 3.8) is 0 Å². The number of sulfonamides is 1. The van der Waals surface area contributed by atoms with Crippen LogP contribution in [0.25, 0.3) is 0 Å². The van der Waals surface area contributed by atoms with E-state index in [0.717, 1.165) is 4.47 Å². The molecule has 0 aromatic heterocycles. The number of hydrogen-bond donors (Lipinski definition) is 1. The third-order valence-corrected chi connectivity index (χ3v) is 4.00. The zero-order valence-corrected chi connectivity index (χ0v) is 10.2. The summed E-state index contributed by atoms with van der Waals surface area (Å²) in [5.74, 6) is 0. The second kappa shape index (κ2) is 4.21. The summed E-state index contributed by atoms with van der Waals surface area (Å²) < 4.78 is 31.7. The number of rotatable bonds is 4. The molecule has 0 bridgehead atoms. The van der Waals surface area contributed by atoms with Gasteiger partial charge in [0.05, 0.1) is 17.6 Å². The van der Waals surface area contributed by atoms with E-state index in [1.807, 2.05) is 0 Å². The Labute approximate surface area is 96.8 Å². The van der Waals surface area contributed by atoms with Crippen molar-refractivity contribution >= 4 is 26.0 Å². The lowest BCUT2D eigenvalue weighted by molar-refractivity contribution is 0.406. The second-order valence-corrected chi connectivity index (χ2v) is 5.94. The Kier molecular flexibility index (Phi) is 3.11. The van der Waals surface area contributed by atoms with Crippen LogP contribution >= 0.6 is 15.9 Å². The minimum Gasteiger partial charge on any atom is -0.372 e. The fourth-order valence-corrected chi connectivity index (χ4v) is 2.42.